The minimum atomic E-state index is -0.605. The molecule has 2 saturated heterocycles. The van der Waals surface area contributed by atoms with Gasteiger partial charge in [-0.2, -0.15) is 0 Å². The smallest absolute Gasteiger partial charge is 0.326 e. The number of hydrogen-bond donors (Lipinski definition) is 1. The average Bonchev–Trinajstić information content (AvgIpc) is 3.40. The molecule has 2 aliphatic heterocycles. The summed E-state index contributed by atoms with van der Waals surface area (Å²) in [6.45, 7) is 5.03. The molecule has 8 heteroatoms. The average molecular weight is 429 g/mol. The van der Waals surface area contributed by atoms with Crippen molar-refractivity contribution >= 4 is 22.7 Å². The normalized spacial score (nSPS) is 24.8. The summed E-state index contributed by atoms with van der Waals surface area (Å²) in [5.74, 6) is 0.648. The highest BCUT2D eigenvalue weighted by molar-refractivity contribution is 5.97. The van der Waals surface area contributed by atoms with E-state index in [2.05, 4.69) is 9.88 Å². The first-order chi connectivity index (χ1) is 14.9. The monoisotopic (exact) mass is 428 g/mol. The van der Waals surface area contributed by atoms with Gasteiger partial charge in [0.25, 0.3) is 0 Å². The van der Waals surface area contributed by atoms with Crippen molar-refractivity contribution in [2.75, 3.05) is 32.7 Å². The largest absolute Gasteiger partial charge is 0.341 e. The second-order valence-corrected chi connectivity index (χ2v) is 9.46. The van der Waals surface area contributed by atoms with Gasteiger partial charge in [-0.25, -0.2) is 9.18 Å². The van der Waals surface area contributed by atoms with Gasteiger partial charge in [0, 0.05) is 38.3 Å². The predicted molar refractivity (Wildman–Crippen MR) is 115 cm³/mol. The van der Waals surface area contributed by atoms with Crippen molar-refractivity contribution in [1.82, 2.24) is 19.4 Å². The molecule has 3 fully saturated rings. The second-order valence-electron chi connectivity index (χ2n) is 9.46. The number of aromatic nitrogens is 2. The summed E-state index contributed by atoms with van der Waals surface area (Å²) in [6.07, 6.45) is 5.27. The number of halogens is 1. The van der Waals surface area contributed by atoms with Crippen molar-refractivity contribution in [3.8, 4) is 0 Å². The standard InChI is InChI=1S/C23H29FN4O3/c1-14(29)18-9-20-21(10-19(18)24)28(23(31)25-20)17-5-7-26(8-6-17)13-22(30)27-11-15-3-2-4-16(15)12-27/h9-10,15-17H,2-8,11-13H2,1H3,(H,25,31)/t15-,16+. The van der Waals surface area contributed by atoms with E-state index in [1.165, 1.54) is 38.3 Å². The third-order valence-corrected chi connectivity index (χ3v) is 7.54. The highest BCUT2D eigenvalue weighted by atomic mass is 19.1. The molecular formula is C23H29FN4O3. The Morgan fingerprint density at radius 2 is 1.77 bits per heavy atom. The van der Waals surface area contributed by atoms with Gasteiger partial charge in [-0.05, 0) is 50.5 Å². The Labute approximate surface area is 180 Å². The zero-order chi connectivity index (χ0) is 21.7. The number of likely N-dealkylation sites (tertiary alicyclic amines) is 2. The molecule has 1 aliphatic carbocycles. The number of H-pyrrole nitrogens is 1. The van der Waals surface area contributed by atoms with Crippen LogP contribution in [0, 0.1) is 17.7 Å². The first-order valence-electron chi connectivity index (χ1n) is 11.4. The number of carbonyl (C=O) groups is 2. The van der Waals surface area contributed by atoms with Crippen LogP contribution >= 0.6 is 0 Å². The molecule has 2 aromatic rings. The predicted octanol–water partition coefficient (Wildman–Crippen LogP) is 2.57. The van der Waals surface area contributed by atoms with Gasteiger partial charge in [-0.1, -0.05) is 6.42 Å². The Balaban J connectivity index is 1.24. The van der Waals surface area contributed by atoms with Crippen LogP contribution in [0.5, 0.6) is 0 Å². The lowest BCUT2D eigenvalue weighted by molar-refractivity contribution is -0.132. The van der Waals surface area contributed by atoms with Crippen molar-refractivity contribution in [2.24, 2.45) is 11.8 Å². The number of nitrogens with one attached hydrogen (secondary N) is 1. The molecule has 3 heterocycles. The van der Waals surface area contributed by atoms with E-state index in [0.717, 1.165) is 39.0 Å². The number of ketones is 1. The van der Waals surface area contributed by atoms with Gasteiger partial charge in [0.05, 0.1) is 23.1 Å². The lowest BCUT2D eigenvalue weighted by atomic mass is 10.0. The molecule has 1 aromatic carbocycles. The van der Waals surface area contributed by atoms with Crippen LogP contribution in [0.2, 0.25) is 0 Å². The lowest BCUT2D eigenvalue weighted by Gasteiger charge is -2.33. The fraction of sp³-hybridized carbons (Fsp3) is 0.609. The maximum absolute atomic E-state index is 14.4. The molecule has 31 heavy (non-hydrogen) atoms. The van der Waals surface area contributed by atoms with E-state index in [9.17, 15) is 18.8 Å². The molecule has 0 radical (unpaired) electrons. The van der Waals surface area contributed by atoms with Gasteiger partial charge in [-0.15, -0.1) is 0 Å². The number of aromatic amines is 1. The van der Waals surface area contributed by atoms with Crippen molar-refractivity contribution in [1.29, 1.82) is 0 Å². The summed E-state index contributed by atoms with van der Waals surface area (Å²) in [4.78, 5) is 43.9. The van der Waals surface area contributed by atoms with Crippen LogP contribution in [0.25, 0.3) is 11.0 Å². The van der Waals surface area contributed by atoms with Crippen LogP contribution < -0.4 is 5.69 Å². The third-order valence-electron chi connectivity index (χ3n) is 7.54. The molecule has 166 valence electrons. The maximum atomic E-state index is 14.4. The Bertz CT molecular complexity index is 1070. The molecule has 1 amide bonds. The number of amides is 1. The first kappa shape index (κ1) is 20.4. The fourth-order valence-corrected chi connectivity index (χ4v) is 5.84. The Hall–Kier alpha value is -2.48. The molecule has 2 atom stereocenters. The number of hydrogen-bond acceptors (Lipinski definition) is 4. The van der Waals surface area contributed by atoms with E-state index in [4.69, 9.17) is 0 Å². The van der Waals surface area contributed by atoms with Gasteiger partial charge in [-0.3, -0.25) is 19.1 Å². The van der Waals surface area contributed by atoms with Crippen LogP contribution in [0.1, 0.15) is 55.4 Å². The summed E-state index contributed by atoms with van der Waals surface area (Å²) < 4.78 is 16.0. The first-order valence-corrected chi connectivity index (χ1v) is 11.4. The topological polar surface area (TPSA) is 78.4 Å². The number of fused-ring (bicyclic) bond motifs is 2. The number of benzene rings is 1. The van der Waals surface area contributed by atoms with E-state index in [1.54, 1.807) is 4.57 Å². The number of Topliss-reactive ketones (excluding diaryl/α,β-unsaturated/α-hetero) is 1. The molecule has 1 N–H and O–H groups in total. The minimum absolute atomic E-state index is 0.0136. The molecule has 5 rings (SSSR count). The summed E-state index contributed by atoms with van der Waals surface area (Å²) >= 11 is 0. The van der Waals surface area contributed by atoms with Gasteiger partial charge < -0.3 is 9.88 Å². The van der Waals surface area contributed by atoms with E-state index in [1.807, 2.05) is 4.90 Å². The third kappa shape index (κ3) is 3.71. The molecular weight excluding hydrogens is 399 g/mol. The molecule has 1 aromatic heterocycles. The van der Waals surface area contributed by atoms with Gasteiger partial charge in [0.2, 0.25) is 5.91 Å². The highest BCUT2D eigenvalue weighted by Crippen LogP contribution is 2.37. The minimum Gasteiger partial charge on any atom is -0.341 e. The summed E-state index contributed by atoms with van der Waals surface area (Å²) in [5.41, 5.74) is 0.674. The Kier molecular flexibility index (Phi) is 5.20. The van der Waals surface area contributed by atoms with Crippen LogP contribution in [0.3, 0.4) is 0 Å². The number of rotatable bonds is 4. The summed E-state index contributed by atoms with van der Waals surface area (Å²) in [7, 11) is 0. The van der Waals surface area contributed by atoms with Crippen molar-refractivity contribution in [3.63, 3.8) is 0 Å². The van der Waals surface area contributed by atoms with E-state index < -0.39 is 5.82 Å². The lowest BCUT2D eigenvalue weighted by Crippen LogP contribution is -2.44. The fourth-order valence-electron chi connectivity index (χ4n) is 5.84. The van der Waals surface area contributed by atoms with Crippen molar-refractivity contribution < 1.29 is 14.0 Å². The Morgan fingerprint density at radius 1 is 1.10 bits per heavy atom. The maximum Gasteiger partial charge on any atom is 0.326 e. The zero-order valence-electron chi connectivity index (χ0n) is 17.9. The van der Waals surface area contributed by atoms with Crippen LogP contribution in [-0.2, 0) is 4.79 Å². The van der Waals surface area contributed by atoms with Crippen LogP contribution in [-0.4, -0.2) is 63.8 Å². The van der Waals surface area contributed by atoms with E-state index >= 15 is 0 Å². The Morgan fingerprint density at radius 3 is 2.42 bits per heavy atom. The highest BCUT2D eigenvalue weighted by Gasteiger charge is 2.38. The number of imidazole rings is 1. The van der Waals surface area contributed by atoms with Crippen LogP contribution in [0.15, 0.2) is 16.9 Å². The molecule has 0 bridgehead atoms. The summed E-state index contributed by atoms with van der Waals surface area (Å²) in [6, 6.07) is 2.65. The number of nitrogens with zero attached hydrogens (tertiary/aromatic N) is 3. The molecule has 0 unspecified atom stereocenters. The second kappa shape index (κ2) is 7.89. The summed E-state index contributed by atoms with van der Waals surface area (Å²) in [5, 5.41) is 0. The SMILES string of the molecule is CC(=O)c1cc2[nH]c(=O)n(C3CCN(CC(=O)N4C[C@H]5CCC[C@H]5C4)CC3)c2cc1F. The van der Waals surface area contributed by atoms with Gasteiger partial charge >= 0.3 is 5.69 Å². The van der Waals surface area contributed by atoms with Gasteiger partial charge in [0.15, 0.2) is 5.78 Å². The molecule has 0 spiro atoms. The quantitative estimate of drug-likeness (QED) is 0.760. The van der Waals surface area contributed by atoms with E-state index in [-0.39, 0.29) is 29.0 Å². The van der Waals surface area contributed by atoms with Gasteiger partial charge in [0.1, 0.15) is 5.82 Å². The van der Waals surface area contributed by atoms with Crippen LogP contribution in [0.4, 0.5) is 4.39 Å². The zero-order valence-corrected chi connectivity index (χ0v) is 17.9. The van der Waals surface area contributed by atoms with E-state index in [0.29, 0.717) is 29.4 Å². The molecule has 1 saturated carbocycles. The molecule has 3 aliphatic rings. The molecule has 7 nitrogen and oxygen atoms in total. The number of carbonyl (C=O) groups excluding carboxylic acids is 2. The number of piperidine rings is 1. The van der Waals surface area contributed by atoms with Crippen molar-refractivity contribution in [3.05, 3.63) is 34.0 Å². The van der Waals surface area contributed by atoms with Crippen molar-refractivity contribution in [2.45, 2.75) is 45.1 Å².